The molecule has 0 radical (unpaired) electrons. The van der Waals surface area contributed by atoms with Gasteiger partial charge in [0.25, 0.3) is 0 Å². The Morgan fingerprint density at radius 3 is 2.36 bits per heavy atom. The van der Waals surface area contributed by atoms with Crippen molar-refractivity contribution in [2.45, 2.75) is 137 Å². The van der Waals surface area contributed by atoms with Gasteiger partial charge in [-0.15, -0.1) is 0 Å². The van der Waals surface area contributed by atoms with Gasteiger partial charge in [-0.3, -0.25) is 9.59 Å². The van der Waals surface area contributed by atoms with Crippen LogP contribution < -0.4 is 5.32 Å². The molecule has 0 aromatic heterocycles. The Morgan fingerprint density at radius 2 is 1.72 bits per heavy atom. The third kappa shape index (κ3) is 4.54. The lowest BCUT2D eigenvalue weighted by Gasteiger charge is -2.66. The Hall–Kier alpha value is -1.10. The molecule has 4 aliphatic carbocycles. The number of carbonyl (C=O) groups excluding carboxylic acids is 2. The van der Waals surface area contributed by atoms with Gasteiger partial charge in [0.15, 0.2) is 0 Å². The zero-order valence-electron chi connectivity index (χ0n) is 24.1. The van der Waals surface area contributed by atoms with Crippen LogP contribution in [0.5, 0.6) is 0 Å². The number of amides is 1. The lowest BCUT2D eigenvalue weighted by atomic mass is 9.41. The average Bonchev–Trinajstić information content (AvgIpc) is 3.12. The zero-order chi connectivity index (χ0) is 26.5. The third-order valence-electron chi connectivity index (χ3n) is 11.8. The molecule has 0 bridgehead atoms. The summed E-state index contributed by atoms with van der Waals surface area (Å²) in [6.45, 7) is 14.9. The maximum absolute atomic E-state index is 12.5. The monoisotopic (exact) mass is 503 g/mol. The van der Waals surface area contributed by atoms with Crippen molar-refractivity contribution < 1.29 is 19.4 Å². The number of ether oxygens (including phenoxy) is 1. The van der Waals surface area contributed by atoms with Gasteiger partial charge in [0.1, 0.15) is 11.7 Å². The van der Waals surface area contributed by atoms with Gasteiger partial charge in [0.05, 0.1) is 6.04 Å². The van der Waals surface area contributed by atoms with E-state index in [2.05, 4.69) is 39.9 Å². The molecule has 2 N–H and O–H groups in total. The first-order chi connectivity index (χ1) is 16.8. The van der Waals surface area contributed by atoms with Gasteiger partial charge in [0, 0.05) is 19.3 Å². The standard InChI is InChI=1S/C31H53NO4/c1-19(2)10-8-11-20(3)24-13-14-25-23-18-28(36-22(5)34)31(35)27(32-21(4)33)12-9-16-30(31,7)26(23)15-17-29(24,25)6/h19-20,23-28,35H,8-18H2,1-7H3,(H,32,33)/t20-,23+,24+,25-,26-,27-,28-,29-,30-,31-/m1/s1. The summed E-state index contributed by atoms with van der Waals surface area (Å²) in [5, 5.41) is 15.6. The number of esters is 1. The molecule has 0 aromatic carbocycles. The molecule has 10 atom stereocenters. The van der Waals surface area contributed by atoms with Gasteiger partial charge in [-0.2, -0.15) is 0 Å². The summed E-state index contributed by atoms with van der Waals surface area (Å²) in [6, 6.07) is -0.371. The second-order valence-electron chi connectivity index (χ2n) is 14.1. The molecule has 5 heteroatoms. The smallest absolute Gasteiger partial charge is 0.303 e. The van der Waals surface area contributed by atoms with Crippen molar-refractivity contribution >= 4 is 11.9 Å². The molecule has 36 heavy (non-hydrogen) atoms. The molecule has 0 aliphatic heterocycles. The molecule has 0 aromatic rings. The Morgan fingerprint density at radius 1 is 1.00 bits per heavy atom. The summed E-state index contributed by atoms with van der Waals surface area (Å²) in [4.78, 5) is 24.4. The summed E-state index contributed by atoms with van der Waals surface area (Å²) in [5.41, 5.74) is -1.26. The number of fused-ring (bicyclic) bond motifs is 5. The number of rotatable bonds is 7. The van der Waals surface area contributed by atoms with Crippen molar-refractivity contribution in [3.63, 3.8) is 0 Å². The highest BCUT2D eigenvalue weighted by Crippen LogP contribution is 2.69. The quantitative estimate of drug-likeness (QED) is 0.402. The summed E-state index contributed by atoms with van der Waals surface area (Å²) in [7, 11) is 0. The molecular formula is C31H53NO4. The van der Waals surface area contributed by atoms with E-state index >= 15 is 0 Å². The predicted molar refractivity (Wildman–Crippen MR) is 143 cm³/mol. The Bertz CT molecular complexity index is 827. The number of hydrogen-bond acceptors (Lipinski definition) is 4. The van der Waals surface area contributed by atoms with Gasteiger partial charge < -0.3 is 15.2 Å². The van der Waals surface area contributed by atoms with Crippen LogP contribution in [0.4, 0.5) is 0 Å². The molecule has 4 rings (SSSR count). The highest BCUT2D eigenvalue weighted by molar-refractivity contribution is 5.73. The first kappa shape index (κ1) is 27.9. The van der Waals surface area contributed by atoms with E-state index in [0.717, 1.165) is 49.9 Å². The van der Waals surface area contributed by atoms with Crippen LogP contribution in [0.1, 0.15) is 119 Å². The van der Waals surface area contributed by atoms with Gasteiger partial charge in [0.2, 0.25) is 5.91 Å². The molecule has 4 saturated carbocycles. The summed E-state index contributed by atoms with van der Waals surface area (Å²) < 4.78 is 5.98. The van der Waals surface area contributed by atoms with Crippen molar-refractivity contribution in [3.05, 3.63) is 0 Å². The second kappa shape index (κ2) is 10.2. The van der Waals surface area contributed by atoms with Crippen LogP contribution in [0.2, 0.25) is 0 Å². The van der Waals surface area contributed by atoms with E-state index in [9.17, 15) is 14.7 Å². The average molecular weight is 504 g/mol. The highest BCUT2D eigenvalue weighted by Gasteiger charge is 2.70. The van der Waals surface area contributed by atoms with E-state index in [0.29, 0.717) is 23.2 Å². The largest absolute Gasteiger partial charge is 0.459 e. The Labute approximate surface area is 219 Å². The number of carbonyl (C=O) groups is 2. The van der Waals surface area contributed by atoms with Crippen LogP contribution in [-0.4, -0.2) is 34.7 Å². The summed E-state index contributed by atoms with van der Waals surface area (Å²) >= 11 is 0. The molecule has 4 fully saturated rings. The fraction of sp³-hybridized carbons (Fsp3) is 0.935. The van der Waals surface area contributed by atoms with E-state index in [-0.39, 0.29) is 23.3 Å². The van der Waals surface area contributed by atoms with Crippen LogP contribution in [0.25, 0.3) is 0 Å². The summed E-state index contributed by atoms with van der Waals surface area (Å²) in [5.74, 6) is 3.31. The van der Waals surface area contributed by atoms with Crippen molar-refractivity contribution in [3.8, 4) is 0 Å². The van der Waals surface area contributed by atoms with Crippen molar-refractivity contribution in [2.24, 2.45) is 46.3 Å². The van der Waals surface area contributed by atoms with Crippen molar-refractivity contribution in [1.29, 1.82) is 0 Å². The molecule has 0 spiro atoms. The van der Waals surface area contributed by atoms with Gasteiger partial charge in [-0.25, -0.2) is 0 Å². The van der Waals surface area contributed by atoms with E-state index in [1.165, 1.54) is 52.4 Å². The highest BCUT2D eigenvalue weighted by atomic mass is 16.6. The van der Waals surface area contributed by atoms with E-state index < -0.39 is 11.7 Å². The number of nitrogens with one attached hydrogen (secondary N) is 1. The first-order valence-electron chi connectivity index (χ1n) is 15.0. The minimum atomic E-state index is -1.22. The van der Waals surface area contributed by atoms with Crippen LogP contribution in [0, 0.1) is 46.3 Å². The fourth-order valence-corrected chi connectivity index (χ4v) is 10.2. The maximum atomic E-state index is 12.5. The van der Waals surface area contributed by atoms with Gasteiger partial charge in [-0.05, 0) is 85.9 Å². The van der Waals surface area contributed by atoms with E-state index in [4.69, 9.17) is 4.74 Å². The van der Waals surface area contributed by atoms with Crippen LogP contribution in [-0.2, 0) is 14.3 Å². The molecule has 206 valence electrons. The lowest BCUT2D eigenvalue weighted by molar-refractivity contribution is -0.268. The van der Waals surface area contributed by atoms with Crippen molar-refractivity contribution in [1.82, 2.24) is 5.32 Å². The minimum Gasteiger partial charge on any atom is -0.459 e. The summed E-state index contributed by atoms with van der Waals surface area (Å²) in [6.07, 6.45) is 11.7. The van der Waals surface area contributed by atoms with Gasteiger partial charge in [-0.1, -0.05) is 60.3 Å². The van der Waals surface area contributed by atoms with Crippen LogP contribution in [0.15, 0.2) is 0 Å². The third-order valence-corrected chi connectivity index (χ3v) is 11.8. The Kier molecular flexibility index (Phi) is 7.93. The first-order valence-corrected chi connectivity index (χ1v) is 15.0. The molecule has 5 nitrogen and oxygen atoms in total. The molecule has 0 unspecified atom stereocenters. The van der Waals surface area contributed by atoms with Gasteiger partial charge >= 0.3 is 5.97 Å². The van der Waals surface area contributed by atoms with Crippen LogP contribution in [0.3, 0.4) is 0 Å². The fourth-order valence-electron chi connectivity index (χ4n) is 10.2. The predicted octanol–water partition coefficient (Wildman–Crippen LogP) is 6.27. The molecule has 1 amide bonds. The minimum absolute atomic E-state index is 0.123. The maximum Gasteiger partial charge on any atom is 0.303 e. The number of hydrogen-bond donors (Lipinski definition) is 2. The van der Waals surface area contributed by atoms with Crippen molar-refractivity contribution in [2.75, 3.05) is 0 Å². The normalized spacial score (nSPS) is 44.8. The molecule has 4 aliphatic rings. The molecule has 0 saturated heterocycles. The SMILES string of the molecule is CC(=O)N[C@@H]1CCC[C@]2(C)[C@@H]3CC[C@@]4(C)[C@H](CC[C@H]4[C@H](C)CCCC(C)C)[C@@H]3C[C@@H](OC(C)=O)[C@]12O. The van der Waals surface area contributed by atoms with E-state index in [1.54, 1.807) is 0 Å². The number of aliphatic hydroxyl groups is 1. The topological polar surface area (TPSA) is 75.6 Å². The lowest BCUT2D eigenvalue weighted by Crippen LogP contribution is -2.75. The van der Waals surface area contributed by atoms with Crippen LogP contribution >= 0.6 is 0 Å². The zero-order valence-corrected chi connectivity index (χ0v) is 24.1. The Balaban J connectivity index is 1.63. The van der Waals surface area contributed by atoms with E-state index in [1.807, 2.05) is 0 Å². The second-order valence-corrected chi connectivity index (χ2v) is 14.1. The molecule has 0 heterocycles. The molecular weight excluding hydrogens is 450 g/mol.